The van der Waals surface area contributed by atoms with E-state index in [9.17, 15) is 13.6 Å². The minimum atomic E-state index is -2.60. The lowest BCUT2D eigenvalue weighted by atomic mass is 10.2. The van der Waals surface area contributed by atoms with Crippen molar-refractivity contribution in [2.24, 2.45) is 0 Å². The number of rotatable bonds is 6. The van der Waals surface area contributed by atoms with E-state index in [1.54, 1.807) is 41.5 Å². The molecule has 3 heterocycles. The molecular weight excluding hydrogens is 332 g/mol. The van der Waals surface area contributed by atoms with Gasteiger partial charge in [-0.15, -0.1) is 0 Å². The Labute approximate surface area is 141 Å². The van der Waals surface area contributed by atoms with Gasteiger partial charge in [-0.3, -0.25) is 9.36 Å². The molecule has 0 aromatic carbocycles. The minimum Gasteiger partial charge on any atom is -0.472 e. The van der Waals surface area contributed by atoms with Crippen molar-refractivity contribution in [2.75, 3.05) is 11.9 Å². The molecule has 0 spiro atoms. The lowest BCUT2D eigenvalue weighted by Crippen LogP contribution is -2.14. The molecule has 7 nitrogen and oxygen atoms in total. The van der Waals surface area contributed by atoms with E-state index in [0.717, 1.165) is 0 Å². The van der Waals surface area contributed by atoms with Gasteiger partial charge in [0.25, 0.3) is 12.3 Å². The molecule has 25 heavy (non-hydrogen) atoms. The number of ether oxygens (including phenoxy) is 1. The third-order valence-corrected chi connectivity index (χ3v) is 3.10. The zero-order chi connectivity index (χ0) is 17.6. The molecule has 0 aliphatic heterocycles. The van der Waals surface area contributed by atoms with Crippen LogP contribution in [-0.2, 0) is 0 Å². The van der Waals surface area contributed by atoms with Crippen molar-refractivity contribution in [3.8, 4) is 11.7 Å². The zero-order valence-corrected chi connectivity index (χ0v) is 12.8. The summed E-state index contributed by atoms with van der Waals surface area (Å²) in [5, 5.41) is 2.59. The van der Waals surface area contributed by atoms with Crippen LogP contribution < -0.4 is 10.1 Å². The first kappa shape index (κ1) is 16.5. The van der Waals surface area contributed by atoms with Crippen molar-refractivity contribution in [2.45, 2.75) is 6.43 Å². The Kier molecular flexibility index (Phi) is 4.93. The van der Waals surface area contributed by atoms with Gasteiger partial charge in [0, 0.05) is 30.2 Å². The number of carbonyl (C=O) groups excluding carboxylic acids is 1. The number of aromatic nitrogens is 4. The highest BCUT2D eigenvalue weighted by Crippen LogP contribution is 2.14. The molecule has 0 radical (unpaired) electrons. The van der Waals surface area contributed by atoms with Gasteiger partial charge in [-0.2, -0.15) is 4.98 Å². The summed E-state index contributed by atoms with van der Waals surface area (Å²) in [6.45, 7) is -0.761. The van der Waals surface area contributed by atoms with Gasteiger partial charge in [-0.25, -0.2) is 18.7 Å². The van der Waals surface area contributed by atoms with Crippen LogP contribution in [0.2, 0.25) is 0 Å². The van der Waals surface area contributed by atoms with Crippen molar-refractivity contribution in [3.05, 3.63) is 60.8 Å². The van der Waals surface area contributed by atoms with Crippen molar-refractivity contribution >= 4 is 11.7 Å². The number of amides is 1. The second-order valence-corrected chi connectivity index (χ2v) is 4.89. The van der Waals surface area contributed by atoms with E-state index in [2.05, 4.69) is 20.3 Å². The summed E-state index contributed by atoms with van der Waals surface area (Å²) in [5.41, 5.74) is 0.361. The molecule has 0 aliphatic rings. The fourth-order valence-electron chi connectivity index (χ4n) is 2.00. The van der Waals surface area contributed by atoms with Gasteiger partial charge in [-0.05, 0) is 18.2 Å². The molecule has 0 fully saturated rings. The van der Waals surface area contributed by atoms with Crippen molar-refractivity contribution in [3.63, 3.8) is 0 Å². The van der Waals surface area contributed by atoms with E-state index in [1.165, 1.54) is 18.3 Å². The van der Waals surface area contributed by atoms with Crippen LogP contribution in [0.15, 0.2) is 55.2 Å². The first-order chi connectivity index (χ1) is 12.1. The summed E-state index contributed by atoms with van der Waals surface area (Å²) in [4.78, 5) is 24.4. The predicted octanol–water partition coefficient (Wildman–Crippen LogP) is 2.56. The molecule has 3 aromatic heterocycles. The Hall–Kier alpha value is -3.36. The third kappa shape index (κ3) is 4.34. The molecule has 9 heteroatoms. The van der Waals surface area contributed by atoms with Crippen LogP contribution in [0.3, 0.4) is 0 Å². The largest absolute Gasteiger partial charge is 0.472 e. The predicted molar refractivity (Wildman–Crippen MR) is 85.0 cm³/mol. The SMILES string of the molecule is O=C(Nc1cccc(OCC(F)F)n1)c1ccnc(-n2ccnc2)c1. The summed E-state index contributed by atoms with van der Waals surface area (Å²) >= 11 is 0. The second-order valence-electron chi connectivity index (χ2n) is 4.89. The lowest BCUT2D eigenvalue weighted by molar-refractivity contribution is 0.0796. The van der Waals surface area contributed by atoms with Gasteiger partial charge in [0.2, 0.25) is 5.88 Å². The quantitative estimate of drug-likeness (QED) is 0.742. The normalized spacial score (nSPS) is 10.7. The summed E-state index contributed by atoms with van der Waals surface area (Å²) in [5.74, 6) is 0.319. The Bertz CT molecular complexity index is 855. The number of carbonyl (C=O) groups is 1. The molecule has 0 unspecified atom stereocenters. The van der Waals surface area contributed by atoms with Crippen LogP contribution in [0.5, 0.6) is 5.88 Å². The molecule has 0 saturated carbocycles. The van der Waals surface area contributed by atoms with Crippen molar-refractivity contribution in [1.29, 1.82) is 0 Å². The van der Waals surface area contributed by atoms with Gasteiger partial charge >= 0.3 is 0 Å². The van der Waals surface area contributed by atoms with Crippen LogP contribution in [0, 0.1) is 0 Å². The maximum absolute atomic E-state index is 12.3. The van der Waals surface area contributed by atoms with E-state index in [1.807, 2.05) is 0 Å². The van der Waals surface area contributed by atoms with E-state index in [4.69, 9.17) is 4.74 Å². The van der Waals surface area contributed by atoms with E-state index in [-0.39, 0.29) is 11.7 Å². The zero-order valence-electron chi connectivity index (χ0n) is 12.8. The Balaban J connectivity index is 1.72. The Morgan fingerprint density at radius 1 is 1.28 bits per heavy atom. The molecule has 0 bridgehead atoms. The highest BCUT2D eigenvalue weighted by molar-refractivity contribution is 6.03. The number of imidazole rings is 1. The van der Waals surface area contributed by atoms with Crippen molar-refractivity contribution < 1.29 is 18.3 Å². The molecule has 1 N–H and O–H groups in total. The van der Waals surface area contributed by atoms with Crippen LogP contribution in [-0.4, -0.2) is 38.5 Å². The maximum atomic E-state index is 12.3. The molecule has 128 valence electrons. The van der Waals surface area contributed by atoms with E-state index in [0.29, 0.717) is 11.4 Å². The fourth-order valence-corrected chi connectivity index (χ4v) is 2.00. The summed E-state index contributed by atoms with van der Waals surface area (Å²) in [6, 6.07) is 7.65. The molecule has 0 aliphatic carbocycles. The molecule has 0 atom stereocenters. The van der Waals surface area contributed by atoms with E-state index >= 15 is 0 Å². The van der Waals surface area contributed by atoms with E-state index < -0.39 is 18.9 Å². The van der Waals surface area contributed by atoms with Gasteiger partial charge in [0.05, 0.1) is 0 Å². The monoisotopic (exact) mass is 345 g/mol. The van der Waals surface area contributed by atoms with Crippen LogP contribution in [0.1, 0.15) is 10.4 Å². The summed E-state index contributed by atoms with van der Waals surface area (Å²) in [7, 11) is 0. The summed E-state index contributed by atoms with van der Waals surface area (Å²) < 4.78 is 30.8. The number of halogens is 2. The fraction of sp³-hybridized carbons (Fsp3) is 0.125. The first-order valence-corrected chi connectivity index (χ1v) is 7.25. The number of nitrogens with zero attached hydrogens (tertiary/aromatic N) is 4. The highest BCUT2D eigenvalue weighted by Gasteiger charge is 2.10. The van der Waals surface area contributed by atoms with Crippen LogP contribution in [0.4, 0.5) is 14.6 Å². The molecule has 3 rings (SSSR count). The number of pyridine rings is 2. The number of alkyl halides is 2. The number of anilines is 1. The smallest absolute Gasteiger partial charge is 0.272 e. The van der Waals surface area contributed by atoms with Gasteiger partial charge < -0.3 is 10.1 Å². The number of nitrogens with one attached hydrogen (secondary N) is 1. The maximum Gasteiger partial charge on any atom is 0.272 e. The summed E-state index contributed by atoms with van der Waals surface area (Å²) in [6.07, 6.45) is 3.77. The highest BCUT2D eigenvalue weighted by atomic mass is 19.3. The first-order valence-electron chi connectivity index (χ1n) is 7.25. The van der Waals surface area contributed by atoms with Gasteiger partial charge in [0.15, 0.2) is 6.61 Å². The lowest BCUT2D eigenvalue weighted by Gasteiger charge is -2.08. The van der Waals surface area contributed by atoms with Crippen LogP contribution in [0.25, 0.3) is 5.82 Å². The van der Waals surface area contributed by atoms with Gasteiger partial charge in [0.1, 0.15) is 18.0 Å². The molecule has 3 aromatic rings. The number of hydrogen-bond donors (Lipinski definition) is 1. The standard InChI is InChI=1S/C16H13F2N5O2/c17-12(18)9-25-15-3-1-2-13(21-15)22-16(24)11-4-5-20-14(8-11)23-7-6-19-10-23/h1-8,10,12H,9H2,(H,21,22,24). The average molecular weight is 345 g/mol. The molecule has 1 amide bonds. The molecular formula is C16H13F2N5O2. The second kappa shape index (κ2) is 7.47. The Morgan fingerprint density at radius 2 is 2.16 bits per heavy atom. The number of hydrogen-bond acceptors (Lipinski definition) is 5. The van der Waals surface area contributed by atoms with Crippen molar-refractivity contribution in [1.82, 2.24) is 19.5 Å². The van der Waals surface area contributed by atoms with Gasteiger partial charge in [-0.1, -0.05) is 6.07 Å². The minimum absolute atomic E-state index is 0.00642. The average Bonchev–Trinajstić information content (AvgIpc) is 3.15. The van der Waals surface area contributed by atoms with Crippen LogP contribution >= 0.6 is 0 Å². The topological polar surface area (TPSA) is 81.9 Å². The molecule has 0 saturated heterocycles. The third-order valence-electron chi connectivity index (χ3n) is 3.10. The Morgan fingerprint density at radius 3 is 2.92 bits per heavy atom.